The second kappa shape index (κ2) is 2.01. The monoisotopic (exact) mass is 132 g/mol. The van der Waals surface area contributed by atoms with Crippen molar-refractivity contribution >= 4 is 5.69 Å². The highest BCUT2D eigenvalue weighted by Gasteiger charge is 2.23. The fourth-order valence-electron chi connectivity index (χ4n) is 1.11. The van der Waals surface area contributed by atoms with Crippen molar-refractivity contribution in [1.82, 2.24) is 0 Å². The van der Waals surface area contributed by atoms with E-state index in [-0.39, 0.29) is 0 Å². The molecule has 0 spiro atoms. The van der Waals surface area contributed by atoms with E-state index in [4.69, 9.17) is 5.73 Å². The highest BCUT2D eigenvalue weighted by molar-refractivity contribution is 5.48. The van der Waals surface area contributed by atoms with Gasteiger partial charge in [-0.2, -0.15) is 0 Å². The molecule has 1 aromatic rings. The highest BCUT2D eigenvalue weighted by atomic mass is 14.5. The van der Waals surface area contributed by atoms with Crippen LogP contribution < -0.4 is 5.73 Å². The molecule has 1 radical (unpaired) electrons. The predicted molar refractivity (Wildman–Crippen MR) is 42.4 cm³/mol. The molecule has 0 saturated heterocycles. The molecule has 1 saturated carbocycles. The van der Waals surface area contributed by atoms with Gasteiger partial charge in [-0.3, -0.25) is 0 Å². The molecule has 0 unspecified atom stereocenters. The Hall–Kier alpha value is -0.980. The lowest BCUT2D eigenvalue weighted by Gasteiger charge is -1.96. The van der Waals surface area contributed by atoms with Gasteiger partial charge in [-0.25, -0.2) is 0 Å². The fourth-order valence-corrected chi connectivity index (χ4v) is 1.11. The molecule has 0 heterocycles. The van der Waals surface area contributed by atoms with Gasteiger partial charge in [-0.1, -0.05) is 12.1 Å². The Bertz CT molecular complexity index is 238. The molecule has 1 aromatic carbocycles. The van der Waals surface area contributed by atoms with Crippen LogP contribution in [0.4, 0.5) is 5.69 Å². The van der Waals surface area contributed by atoms with Crippen LogP contribution in [-0.2, 0) is 0 Å². The van der Waals surface area contributed by atoms with Crippen LogP contribution in [0, 0.1) is 5.92 Å². The van der Waals surface area contributed by atoms with E-state index in [1.807, 2.05) is 18.2 Å². The number of nitrogens with two attached hydrogens (primary N) is 1. The molecule has 0 atom stereocenters. The predicted octanol–water partition coefficient (Wildman–Crippen LogP) is 1.99. The van der Waals surface area contributed by atoms with Crippen LogP contribution in [0.25, 0.3) is 0 Å². The largest absolute Gasteiger partial charge is 0.399 e. The molecule has 51 valence electrons. The van der Waals surface area contributed by atoms with E-state index in [2.05, 4.69) is 6.07 Å². The maximum absolute atomic E-state index is 5.61. The summed E-state index contributed by atoms with van der Waals surface area (Å²) in [6.45, 7) is 0. The first kappa shape index (κ1) is 5.78. The standard InChI is InChI=1S/C9H10N/c10-9-3-1-2-8(6-9)7-4-5-7/h1-3,6H,4-5,10H2. The lowest BCUT2D eigenvalue weighted by Crippen LogP contribution is -1.85. The number of nitrogen functional groups attached to an aromatic ring is 1. The molecule has 1 heteroatoms. The van der Waals surface area contributed by atoms with Gasteiger partial charge in [0.05, 0.1) is 0 Å². The quantitative estimate of drug-likeness (QED) is 0.581. The van der Waals surface area contributed by atoms with Gasteiger partial charge in [0.2, 0.25) is 0 Å². The van der Waals surface area contributed by atoms with Crippen molar-refractivity contribution < 1.29 is 0 Å². The van der Waals surface area contributed by atoms with Gasteiger partial charge in [-0.15, -0.1) is 0 Å². The zero-order valence-corrected chi connectivity index (χ0v) is 5.80. The molecular weight excluding hydrogens is 122 g/mol. The van der Waals surface area contributed by atoms with Gasteiger partial charge < -0.3 is 5.73 Å². The Morgan fingerprint density at radius 1 is 1.20 bits per heavy atom. The first-order valence-corrected chi connectivity index (χ1v) is 3.57. The fraction of sp³-hybridized carbons (Fsp3) is 0.222. The van der Waals surface area contributed by atoms with Crippen molar-refractivity contribution in [2.75, 3.05) is 5.73 Å². The molecule has 0 amide bonds. The summed E-state index contributed by atoms with van der Waals surface area (Å²) in [4.78, 5) is 0. The third-order valence-electron chi connectivity index (χ3n) is 1.79. The lowest BCUT2D eigenvalue weighted by atomic mass is 10.1. The third kappa shape index (κ3) is 0.991. The summed E-state index contributed by atoms with van der Waals surface area (Å²) in [6.07, 6.45) is 2.53. The summed E-state index contributed by atoms with van der Waals surface area (Å²) in [7, 11) is 0. The molecule has 10 heavy (non-hydrogen) atoms. The maximum atomic E-state index is 5.61. The Balaban J connectivity index is 2.32. The first-order chi connectivity index (χ1) is 4.86. The Labute approximate surface area is 60.9 Å². The van der Waals surface area contributed by atoms with E-state index in [0.717, 1.165) is 5.69 Å². The van der Waals surface area contributed by atoms with Crippen LogP contribution >= 0.6 is 0 Å². The third-order valence-corrected chi connectivity index (χ3v) is 1.79. The van der Waals surface area contributed by atoms with Crippen molar-refractivity contribution in [2.24, 2.45) is 0 Å². The summed E-state index contributed by atoms with van der Waals surface area (Å²) in [6, 6.07) is 8.10. The van der Waals surface area contributed by atoms with Gasteiger partial charge in [0.1, 0.15) is 0 Å². The summed E-state index contributed by atoms with van der Waals surface area (Å²) < 4.78 is 0. The summed E-state index contributed by atoms with van der Waals surface area (Å²) in [5, 5.41) is 0. The average molecular weight is 132 g/mol. The maximum Gasteiger partial charge on any atom is 0.0316 e. The first-order valence-electron chi connectivity index (χ1n) is 3.57. The molecule has 0 aliphatic heterocycles. The minimum Gasteiger partial charge on any atom is -0.399 e. The number of benzene rings is 1. The molecule has 1 aliphatic carbocycles. The molecule has 1 nitrogen and oxygen atoms in total. The van der Waals surface area contributed by atoms with Crippen molar-refractivity contribution in [3.8, 4) is 0 Å². The second-order valence-corrected chi connectivity index (χ2v) is 2.73. The van der Waals surface area contributed by atoms with Crippen LogP contribution in [0.2, 0.25) is 0 Å². The molecule has 2 rings (SSSR count). The van der Waals surface area contributed by atoms with Crippen molar-refractivity contribution in [2.45, 2.75) is 12.8 Å². The zero-order valence-electron chi connectivity index (χ0n) is 5.80. The van der Waals surface area contributed by atoms with Crippen LogP contribution in [-0.4, -0.2) is 0 Å². The van der Waals surface area contributed by atoms with Crippen LogP contribution in [0.5, 0.6) is 0 Å². The highest BCUT2D eigenvalue weighted by Crippen LogP contribution is 2.39. The zero-order chi connectivity index (χ0) is 6.97. The van der Waals surface area contributed by atoms with Crippen molar-refractivity contribution in [1.29, 1.82) is 0 Å². The molecule has 0 bridgehead atoms. The smallest absolute Gasteiger partial charge is 0.0316 e. The van der Waals surface area contributed by atoms with Gasteiger partial charge in [-0.05, 0) is 30.5 Å². The van der Waals surface area contributed by atoms with Crippen molar-refractivity contribution in [3.63, 3.8) is 0 Å². The lowest BCUT2D eigenvalue weighted by molar-refractivity contribution is 1.41. The van der Waals surface area contributed by atoms with Crippen LogP contribution in [0.3, 0.4) is 0 Å². The van der Waals surface area contributed by atoms with Gasteiger partial charge in [0.15, 0.2) is 0 Å². The normalized spacial score (nSPS) is 17.2. The van der Waals surface area contributed by atoms with Crippen LogP contribution in [0.15, 0.2) is 24.3 Å². The molecular formula is C9H10N. The topological polar surface area (TPSA) is 26.0 Å². The van der Waals surface area contributed by atoms with E-state index in [1.54, 1.807) is 5.92 Å². The number of rotatable bonds is 1. The van der Waals surface area contributed by atoms with Gasteiger partial charge in [0.25, 0.3) is 0 Å². The van der Waals surface area contributed by atoms with E-state index in [1.165, 1.54) is 18.4 Å². The van der Waals surface area contributed by atoms with Gasteiger partial charge in [0, 0.05) is 11.6 Å². The summed E-state index contributed by atoms with van der Waals surface area (Å²) in [5.74, 6) is 1.55. The molecule has 1 aliphatic rings. The summed E-state index contributed by atoms with van der Waals surface area (Å²) >= 11 is 0. The van der Waals surface area contributed by atoms with E-state index >= 15 is 0 Å². The minimum atomic E-state index is 0.872. The number of hydrogen-bond acceptors (Lipinski definition) is 1. The number of anilines is 1. The minimum absolute atomic E-state index is 0.872. The second-order valence-electron chi connectivity index (χ2n) is 2.73. The Morgan fingerprint density at radius 3 is 2.60 bits per heavy atom. The Morgan fingerprint density at radius 2 is 2.00 bits per heavy atom. The molecule has 0 aromatic heterocycles. The van der Waals surface area contributed by atoms with Gasteiger partial charge >= 0.3 is 0 Å². The van der Waals surface area contributed by atoms with Crippen LogP contribution in [0.1, 0.15) is 18.4 Å². The molecule has 2 N–H and O–H groups in total. The van der Waals surface area contributed by atoms with E-state index in [9.17, 15) is 0 Å². The van der Waals surface area contributed by atoms with E-state index < -0.39 is 0 Å². The molecule has 1 fully saturated rings. The Kier molecular flexibility index (Phi) is 1.16. The van der Waals surface area contributed by atoms with Crippen molar-refractivity contribution in [3.05, 3.63) is 35.7 Å². The summed E-state index contributed by atoms with van der Waals surface area (Å²) in [5.41, 5.74) is 7.82. The van der Waals surface area contributed by atoms with E-state index in [0.29, 0.717) is 0 Å². The average Bonchev–Trinajstić information content (AvgIpc) is 2.68. The SMILES string of the molecule is Nc1cccc([C]2CC2)c1. The number of hydrogen-bond donors (Lipinski definition) is 1.